The number of anilines is 2. The second-order valence-corrected chi connectivity index (χ2v) is 7.04. The van der Waals surface area contributed by atoms with Crippen LogP contribution in [0.25, 0.3) is 11.0 Å². The molecule has 0 saturated heterocycles. The van der Waals surface area contributed by atoms with Gasteiger partial charge in [0, 0.05) is 14.0 Å². The smallest absolute Gasteiger partial charge is 0.323 e. The molecule has 1 N–H and O–H groups in total. The van der Waals surface area contributed by atoms with Crippen LogP contribution in [0.2, 0.25) is 5.02 Å². The van der Waals surface area contributed by atoms with Crippen LogP contribution in [-0.4, -0.2) is 28.4 Å². The zero-order chi connectivity index (χ0) is 22.9. The Bertz CT molecular complexity index is 1240. The highest BCUT2D eigenvalue weighted by Crippen LogP contribution is 2.33. The van der Waals surface area contributed by atoms with Gasteiger partial charge in [0.25, 0.3) is 5.56 Å². The number of hydrogen-bond acceptors (Lipinski definition) is 4. The Morgan fingerprint density at radius 1 is 1.19 bits per heavy atom. The maximum absolute atomic E-state index is 13.0. The van der Waals surface area contributed by atoms with Crippen LogP contribution in [0.4, 0.5) is 24.7 Å². The van der Waals surface area contributed by atoms with Crippen molar-refractivity contribution in [3.8, 4) is 0 Å². The molecule has 0 bridgehead atoms. The molecule has 0 aliphatic carbocycles. The Hall–Kier alpha value is -3.40. The molecule has 0 unspecified atom stereocenters. The molecule has 0 spiro atoms. The Balaban J connectivity index is 2.00. The fourth-order valence-electron chi connectivity index (χ4n) is 2.83. The zero-order valence-electron chi connectivity index (χ0n) is 16.3. The van der Waals surface area contributed by atoms with Gasteiger partial charge in [-0.15, -0.1) is 0 Å². The topological polar surface area (TPSA) is 84.3 Å². The third kappa shape index (κ3) is 4.69. The van der Waals surface area contributed by atoms with E-state index in [4.69, 9.17) is 11.6 Å². The van der Waals surface area contributed by atoms with Gasteiger partial charge in [-0.25, -0.2) is 4.98 Å². The second-order valence-electron chi connectivity index (χ2n) is 6.63. The van der Waals surface area contributed by atoms with Crippen LogP contribution in [0.15, 0.2) is 47.3 Å². The molecule has 31 heavy (non-hydrogen) atoms. The molecule has 1 heterocycles. The Kier molecular flexibility index (Phi) is 6.03. The average Bonchev–Trinajstić information content (AvgIpc) is 2.70. The molecule has 0 aliphatic rings. The van der Waals surface area contributed by atoms with Gasteiger partial charge < -0.3 is 5.32 Å². The van der Waals surface area contributed by atoms with E-state index in [1.807, 2.05) is 0 Å². The lowest BCUT2D eigenvalue weighted by Crippen LogP contribution is -2.36. The lowest BCUT2D eigenvalue weighted by Gasteiger charge is -2.17. The van der Waals surface area contributed by atoms with Crippen molar-refractivity contribution < 1.29 is 22.8 Å². The summed E-state index contributed by atoms with van der Waals surface area (Å²) >= 11 is 5.92. The van der Waals surface area contributed by atoms with Crippen molar-refractivity contribution >= 4 is 46.0 Å². The van der Waals surface area contributed by atoms with Crippen molar-refractivity contribution in [3.05, 3.63) is 63.4 Å². The number of halogens is 4. The fourth-order valence-corrected chi connectivity index (χ4v) is 3.00. The second kappa shape index (κ2) is 8.38. The third-order valence-electron chi connectivity index (χ3n) is 4.49. The van der Waals surface area contributed by atoms with E-state index >= 15 is 0 Å². The third-order valence-corrected chi connectivity index (χ3v) is 4.82. The molecule has 2 aromatic carbocycles. The molecule has 7 nitrogen and oxygen atoms in total. The number of aromatic nitrogens is 2. The molecular formula is C20H16ClF3N4O3. The highest BCUT2D eigenvalue weighted by molar-refractivity contribution is 6.33. The minimum absolute atomic E-state index is 0.0923. The number of nitrogens with zero attached hydrogens (tertiary/aromatic N) is 3. The first kappa shape index (κ1) is 22.3. The van der Waals surface area contributed by atoms with Crippen molar-refractivity contribution in [1.29, 1.82) is 0 Å². The molecule has 0 aliphatic heterocycles. The Morgan fingerprint density at radius 3 is 2.52 bits per heavy atom. The minimum atomic E-state index is -4.62. The number of carbonyl (C=O) groups is 2. The van der Waals surface area contributed by atoms with Crippen LogP contribution in [-0.2, 0) is 22.3 Å². The number of para-hydroxylation sites is 2. The van der Waals surface area contributed by atoms with E-state index in [0.717, 1.165) is 21.6 Å². The molecule has 2 amide bonds. The summed E-state index contributed by atoms with van der Waals surface area (Å²) in [7, 11) is 1.37. The maximum Gasteiger partial charge on any atom is 0.416 e. The number of rotatable bonds is 4. The number of fused-ring (bicyclic) bond motifs is 1. The number of hydrogen-bond donors (Lipinski definition) is 1. The molecular weight excluding hydrogens is 437 g/mol. The normalized spacial score (nSPS) is 11.4. The predicted octanol–water partition coefficient (Wildman–Crippen LogP) is 3.69. The van der Waals surface area contributed by atoms with Gasteiger partial charge in [-0.05, 0) is 30.3 Å². The number of carbonyl (C=O) groups excluding carboxylic acids is 2. The number of nitrogens with one attached hydrogen (secondary N) is 1. The van der Waals surface area contributed by atoms with Crippen LogP contribution < -0.4 is 15.8 Å². The van der Waals surface area contributed by atoms with Crippen LogP contribution in [0.3, 0.4) is 0 Å². The van der Waals surface area contributed by atoms with Gasteiger partial charge in [0.1, 0.15) is 6.54 Å². The SMILES string of the molecule is CC(=O)N(C)c1nc2ccccc2n(CC(=O)Nc2cc(C(F)(F)F)ccc2Cl)c1=O. The van der Waals surface area contributed by atoms with Crippen molar-refractivity contribution in [2.24, 2.45) is 0 Å². The predicted molar refractivity (Wildman–Crippen MR) is 110 cm³/mol. The maximum atomic E-state index is 13.0. The van der Waals surface area contributed by atoms with Gasteiger partial charge in [0.15, 0.2) is 0 Å². The quantitative estimate of drug-likeness (QED) is 0.654. The van der Waals surface area contributed by atoms with Crippen LogP contribution in [0.1, 0.15) is 12.5 Å². The summed E-state index contributed by atoms with van der Waals surface area (Å²) in [5, 5.41) is 2.21. The van der Waals surface area contributed by atoms with Gasteiger partial charge in [-0.3, -0.25) is 23.9 Å². The summed E-state index contributed by atoms with van der Waals surface area (Å²) in [6.07, 6.45) is -4.62. The number of alkyl halides is 3. The molecule has 3 rings (SSSR count). The van der Waals surface area contributed by atoms with Crippen molar-refractivity contribution in [3.63, 3.8) is 0 Å². The largest absolute Gasteiger partial charge is 0.416 e. The standard InChI is InChI=1S/C20H16ClF3N4O3/c1-11(29)27(2)18-19(31)28(16-6-4-3-5-14(16)26-18)10-17(30)25-15-9-12(20(22,23)24)7-8-13(15)21/h3-9H,10H2,1-2H3,(H,25,30). The molecule has 1 aromatic heterocycles. The van der Waals surface area contributed by atoms with Gasteiger partial charge >= 0.3 is 6.18 Å². The van der Waals surface area contributed by atoms with Crippen molar-refractivity contribution in [2.45, 2.75) is 19.6 Å². The number of amides is 2. The molecule has 0 fully saturated rings. The van der Waals surface area contributed by atoms with E-state index in [1.54, 1.807) is 24.3 Å². The highest BCUT2D eigenvalue weighted by atomic mass is 35.5. The summed E-state index contributed by atoms with van der Waals surface area (Å²) in [5.41, 5.74) is -1.26. The molecule has 11 heteroatoms. The van der Waals surface area contributed by atoms with Crippen molar-refractivity contribution in [2.75, 3.05) is 17.3 Å². The average molecular weight is 453 g/mol. The first-order valence-corrected chi connectivity index (χ1v) is 9.27. The van der Waals surface area contributed by atoms with Gasteiger partial charge in [-0.1, -0.05) is 23.7 Å². The van der Waals surface area contributed by atoms with E-state index in [-0.39, 0.29) is 16.5 Å². The van der Waals surface area contributed by atoms with Gasteiger partial charge in [0.2, 0.25) is 17.6 Å². The molecule has 3 aromatic rings. The first-order valence-electron chi connectivity index (χ1n) is 8.89. The summed E-state index contributed by atoms with van der Waals surface area (Å²) in [5.74, 6) is -1.40. The highest BCUT2D eigenvalue weighted by Gasteiger charge is 2.31. The number of benzene rings is 2. The molecule has 162 valence electrons. The lowest BCUT2D eigenvalue weighted by atomic mass is 10.2. The zero-order valence-corrected chi connectivity index (χ0v) is 17.1. The van der Waals surface area contributed by atoms with E-state index in [0.29, 0.717) is 17.1 Å². The fraction of sp³-hybridized carbons (Fsp3) is 0.200. The van der Waals surface area contributed by atoms with E-state index in [1.165, 1.54) is 14.0 Å². The van der Waals surface area contributed by atoms with E-state index < -0.39 is 35.7 Å². The van der Waals surface area contributed by atoms with E-state index in [9.17, 15) is 27.6 Å². The summed E-state index contributed by atoms with van der Waals surface area (Å²) < 4.78 is 40.0. The van der Waals surface area contributed by atoms with Crippen molar-refractivity contribution in [1.82, 2.24) is 9.55 Å². The van der Waals surface area contributed by atoms with Gasteiger partial charge in [-0.2, -0.15) is 13.2 Å². The summed E-state index contributed by atoms with van der Waals surface area (Å²) in [4.78, 5) is 42.5. The molecule has 0 saturated carbocycles. The first-order chi connectivity index (χ1) is 14.5. The lowest BCUT2D eigenvalue weighted by molar-refractivity contribution is -0.137. The van der Waals surface area contributed by atoms with Crippen LogP contribution in [0, 0.1) is 0 Å². The molecule has 0 radical (unpaired) electrons. The minimum Gasteiger partial charge on any atom is -0.323 e. The molecule has 0 atom stereocenters. The Morgan fingerprint density at radius 2 is 1.87 bits per heavy atom. The van der Waals surface area contributed by atoms with Crippen LogP contribution >= 0.6 is 11.6 Å². The van der Waals surface area contributed by atoms with Gasteiger partial charge in [0.05, 0.1) is 27.3 Å². The Labute approximate surface area is 179 Å². The van der Waals surface area contributed by atoms with E-state index in [2.05, 4.69) is 10.3 Å². The summed E-state index contributed by atoms with van der Waals surface area (Å²) in [6.45, 7) is 0.718. The summed E-state index contributed by atoms with van der Waals surface area (Å²) in [6, 6.07) is 9.00. The van der Waals surface area contributed by atoms with Crippen LogP contribution in [0.5, 0.6) is 0 Å². The monoisotopic (exact) mass is 452 g/mol.